The van der Waals surface area contributed by atoms with Crippen LogP contribution in [0.25, 0.3) is 6.08 Å². The van der Waals surface area contributed by atoms with E-state index in [2.05, 4.69) is 16.0 Å². The van der Waals surface area contributed by atoms with Gasteiger partial charge in [-0.15, -0.1) is 0 Å². The summed E-state index contributed by atoms with van der Waals surface area (Å²) in [7, 11) is 0. The van der Waals surface area contributed by atoms with Crippen molar-refractivity contribution in [2.45, 2.75) is 13.0 Å². The minimum absolute atomic E-state index is 0.00573. The van der Waals surface area contributed by atoms with E-state index in [4.69, 9.17) is 11.6 Å². The van der Waals surface area contributed by atoms with Crippen molar-refractivity contribution in [3.8, 4) is 6.07 Å². The molecule has 1 saturated heterocycles. The van der Waals surface area contributed by atoms with Gasteiger partial charge in [-0.2, -0.15) is 5.26 Å². The van der Waals surface area contributed by atoms with Crippen LogP contribution in [0.3, 0.4) is 0 Å². The van der Waals surface area contributed by atoms with E-state index < -0.39 is 0 Å². The van der Waals surface area contributed by atoms with E-state index in [1.54, 1.807) is 24.4 Å². The van der Waals surface area contributed by atoms with Gasteiger partial charge in [0.1, 0.15) is 6.07 Å². The van der Waals surface area contributed by atoms with Gasteiger partial charge in [-0.25, -0.2) is 9.97 Å². The first-order valence-electron chi connectivity index (χ1n) is 8.29. The summed E-state index contributed by atoms with van der Waals surface area (Å²) >= 11 is 5.96. The first-order valence-corrected chi connectivity index (χ1v) is 8.66. The van der Waals surface area contributed by atoms with Crippen molar-refractivity contribution >= 4 is 29.4 Å². The van der Waals surface area contributed by atoms with Crippen molar-refractivity contribution in [3.63, 3.8) is 0 Å². The summed E-state index contributed by atoms with van der Waals surface area (Å²) in [5.41, 5.74) is 1.19. The highest BCUT2D eigenvalue weighted by atomic mass is 35.5. The van der Waals surface area contributed by atoms with Gasteiger partial charge in [0.15, 0.2) is 11.5 Å². The predicted molar refractivity (Wildman–Crippen MR) is 101 cm³/mol. The number of aromatic nitrogens is 2. The molecule has 2 heterocycles. The Kier molecular flexibility index (Phi) is 5.49. The third kappa shape index (κ3) is 4.01. The maximum absolute atomic E-state index is 12.5. The van der Waals surface area contributed by atoms with Gasteiger partial charge in [0.05, 0.1) is 0 Å². The summed E-state index contributed by atoms with van der Waals surface area (Å²) in [6, 6.07) is 9.41. The van der Waals surface area contributed by atoms with Crippen LogP contribution in [-0.2, 0) is 4.79 Å². The lowest BCUT2D eigenvalue weighted by Crippen LogP contribution is -2.54. The molecule has 2 aromatic rings. The largest absolute Gasteiger partial charge is 0.350 e. The zero-order chi connectivity index (χ0) is 18.5. The minimum Gasteiger partial charge on any atom is -0.350 e. The molecule has 1 aromatic carbocycles. The molecule has 132 valence electrons. The Morgan fingerprint density at radius 1 is 1.35 bits per heavy atom. The lowest BCUT2D eigenvalue weighted by molar-refractivity contribution is -0.128. The number of hydrogen-bond donors (Lipinski definition) is 0. The quantitative estimate of drug-likeness (QED) is 0.780. The first kappa shape index (κ1) is 17.9. The van der Waals surface area contributed by atoms with E-state index in [1.807, 2.05) is 34.9 Å². The number of rotatable bonds is 3. The van der Waals surface area contributed by atoms with Crippen LogP contribution in [0, 0.1) is 11.3 Å². The molecule has 1 aromatic heterocycles. The van der Waals surface area contributed by atoms with Crippen molar-refractivity contribution < 1.29 is 4.79 Å². The van der Waals surface area contributed by atoms with Gasteiger partial charge in [-0.3, -0.25) is 4.79 Å². The second-order valence-corrected chi connectivity index (χ2v) is 6.49. The molecule has 0 bridgehead atoms. The van der Waals surface area contributed by atoms with Crippen molar-refractivity contribution in [1.29, 1.82) is 5.26 Å². The molecule has 1 fully saturated rings. The Labute approximate surface area is 157 Å². The van der Waals surface area contributed by atoms with E-state index in [0.29, 0.717) is 36.2 Å². The Balaban J connectivity index is 1.67. The molecular weight excluding hydrogens is 350 g/mol. The number of nitrogens with zero attached hydrogens (tertiary/aromatic N) is 5. The molecule has 1 atom stereocenters. The molecule has 0 spiro atoms. The third-order valence-corrected chi connectivity index (χ3v) is 4.50. The summed E-state index contributed by atoms with van der Waals surface area (Å²) < 4.78 is 0. The molecule has 1 aliphatic rings. The standard InChI is InChI=1S/C19H18ClN5O/c1-14-13-24(19-17(12-21)22-7-8-23-19)9-10-25(14)18(26)6-5-15-3-2-4-16(20)11-15/h2-8,11,14H,9-10,13H2,1H3/t14-/m1/s1. The van der Waals surface area contributed by atoms with Gasteiger partial charge in [-0.05, 0) is 30.7 Å². The fraction of sp³-hybridized carbons (Fsp3) is 0.263. The summed E-state index contributed by atoms with van der Waals surface area (Å²) in [6.45, 7) is 3.75. The van der Waals surface area contributed by atoms with Crippen LogP contribution in [0.1, 0.15) is 18.2 Å². The average molecular weight is 368 g/mol. The van der Waals surface area contributed by atoms with Gasteiger partial charge < -0.3 is 9.80 Å². The van der Waals surface area contributed by atoms with Crippen LogP contribution in [-0.4, -0.2) is 46.5 Å². The van der Waals surface area contributed by atoms with Crippen molar-refractivity contribution in [3.05, 3.63) is 59.0 Å². The Bertz CT molecular complexity index is 876. The van der Waals surface area contributed by atoms with Crippen molar-refractivity contribution in [2.24, 2.45) is 0 Å². The van der Waals surface area contributed by atoms with E-state index in [1.165, 1.54) is 6.20 Å². The number of amides is 1. The van der Waals surface area contributed by atoms with Crippen LogP contribution < -0.4 is 4.90 Å². The van der Waals surface area contributed by atoms with Gasteiger partial charge in [-0.1, -0.05) is 23.7 Å². The number of nitriles is 1. The van der Waals surface area contributed by atoms with E-state index in [0.717, 1.165) is 5.56 Å². The molecular formula is C19H18ClN5O. The Morgan fingerprint density at radius 2 is 2.15 bits per heavy atom. The molecule has 0 radical (unpaired) electrons. The predicted octanol–water partition coefficient (Wildman–Crippen LogP) is 2.75. The maximum atomic E-state index is 12.5. The van der Waals surface area contributed by atoms with Gasteiger partial charge >= 0.3 is 0 Å². The zero-order valence-electron chi connectivity index (χ0n) is 14.3. The monoisotopic (exact) mass is 367 g/mol. The number of carbonyl (C=O) groups excluding carboxylic acids is 1. The van der Waals surface area contributed by atoms with E-state index in [-0.39, 0.29) is 11.9 Å². The number of anilines is 1. The fourth-order valence-corrected chi connectivity index (χ4v) is 3.19. The van der Waals surface area contributed by atoms with Crippen LogP contribution in [0.2, 0.25) is 5.02 Å². The summed E-state index contributed by atoms with van der Waals surface area (Å²) in [4.78, 5) is 24.7. The van der Waals surface area contributed by atoms with E-state index >= 15 is 0 Å². The maximum Gasteiger partial charge on any atom is 0.246 e. The highest BCUT2D eigenvalue weighted by molar-refractivity contribution is 6.30. The molecule has 0 N–H and O–H groups in total. The van der Waals surface area contributed by atoms with Crippen LogP contribution in [0.5, 0.6) is 0 Å². The number of carbonyl (C=O) groups is 1. The number of halogens is 1. The molecule has 0 aliphatic carbocycles. The SMILES string of the molecule is C[C@@H]1CN(c2nccnc2C#N)CCN1C(=O)C=Cc1cccc(Cl)c1. The molecule has 6 nitrogen and oxygen atoms in total. The third-order valence-electron chi connectivity index (χ3n) is 4.26. The second kappa shape index (κ2) is 7.98. The average Bonchev–Trinajstić information content (AvgIpc) is 2.66. The smallest absolute Gasteiger partial charge is 0.246 e. The zero-order valence-corrected chi connectivity index (χ0v) is 15.1. The van der Waals surface area contributed by atoms with Crippen LogP contribution >= 0.6 is 11.6 Å². The van der Waals surface area contributed by atoms with E-state index in [9.17, 15) is 10.1 Å². The summed E-state index contributed by atoms with van der Waals surface area (Å²) in [6.07, 6.45) is 6.42. The second-order valence-electron chi connectivity index (χ2n) is 6.06. The van der Waals surface area contributed by atoms with Gasteiger partial charge in [0.25, 0.3) is 0 Å². The minimum atomic E-state index is -0.0446. The molecule has 3 rings (SSSR count). The van der Waals surface area contributed by atoms with Gasteiger partial charge in [0, 0.05) is 49.2 Å². The Hall–Kier alpha value is -2.91. The molecule has 1 amide bonds. The molecule has 0 unspecified atom stereocenters. The topological polar surface area (TPSA) is 73.1 Å². The van der Waals surface area contributed by atoms with Crippen molar-refractivity contribution in [2.75, 3.05) is 24.5 Å². The lowest BCUT2D eigenvalue weighted by Gasteiger charge is -2.40. The molecule has 26 heavy (non-hydrogen) atoms. The molecule has 1 aliphatic heterocycles. The lowest BCUT2D eigenvalue weighted by atomic mass is 10.1. The van der Waals surface area contributed by atoms with Crippen molar-refractivity contribution in [1.82, 2.24) is 14.9 Å². The number of piperazine rings is 1. The Morgan fingerprint density at radius 3 is 2.88 bits per heavy atom. The summed E-state index contributed by atoms with van der Waals surface area (Å²) in [5.74, 6) is 0.528. The number of hydrogen-bond acceptors (Lipinski definition) is 5. The fourth-order valence-electron chi connectivity index (χ4n) is 2.99. The first-order chi connectivity index (χ1) is 12.6. The van der Waals surface area contributed by atoms with Crippen LogP contribution in [0.4, 0.5) is 5.82 Å². The van der Waals surface area contributed by atoms with Crippen LogP contribution in [0.15, 0.2) is 42.7 Å². The molecule has 0 saturated carbocycles. The molecule has 7 heteroatoms. The summed E-state index contributed by atoms with van der Waals surface area (Å²) in [5, 5.41) is 9.83. The normalized spacial score (nSPS) is 17.3. The number of benzene rings is 1. The highest BCUT2D eigenvalue weighted by Gasteiger charge is 2.28. The highest BCUT2D eigenvalue weighted by Crippen LogP contribution is 2.20. The van der Waals surface area contributed by atoms with Gasteiger partial charge in [0.2, 0.25) is 5.91 Å².